The Balaban J connectivity index is 2.47. The fraction of sp³-hybridized carbons (Fsp3) is 0.500. The Labute approximate surface area is 101 Å². The van der Waals surface area contributed by atoms with Crippen LogP contribution in [0.5, 0.6) is 0 Å². The van der Waals surface area contributed by atoms with E-state index in [9.17, 15) is 0 Å². The number of fused-ring (bicyclic) bond motifs is 1. The zero-order valence-electron chi connectivity index (χ0n) is 10.8. The van der Waals surface area contributed by atoms with Crippen LogP contribution in [0, 0.1) is 0 Å². The van der Waals surface area contributed by atoms with Crippen molar-refractivity contribution in [2.75, 3.05) is 17.7 Å². The molecule has 0 spiro atoms. The van der Waals surface area contributed by atoms with Gasteiger partial charge in [-0.2, -0.15) is 0 Å². The van der Waals surface area contributed by atoms with Crippen molar-refractivity contribution in [3.05, 3.63) is 18.6 Å². The first-order chi connectivity index (χ1) is 8.05. The van der Waals surface area contributed by atoms with Crippen LogP contribution < -0.4 is 10.6 Å². The fourth-order valence-electron chi connectivity index (χ4n) is 1.54. The zero-order valence-corrected chi connectivity index (χ0v) is 10.8. The third-order valence-electron chi connectivity index (χ3n) is 2.97. The molecule has 0 amide bonds. The number of nitrogens with one attached hydrogen (secondary N) is 2. The van der Waals surface area contributed by atoms with E-state index in [-0.39, 0.29) is 5.54 Å². The summed E-state index contributed by atoms with van der Waals surface area (Å²) in [5, 5.41) is 6.49. The van der Waals surface area contributed by atoms with Gasteiger partial charge >= 0.3 is 0 Å². The van der Waals surface area contributed by atoms with Crippen LogP contribution in [-0.4, -0.2) is 27.0 Å². The molecule has 5 nitrogen and oxygen atoms in total. The van der Waals surface area contributed by atoms with E-state index in [1.54, 1.807) is 6.20 Å². The molecule has 0 saturated heterocycles. The Hall–Kier alpha value is -1.78. The Morgan fingerprint density at radius 1 is 1.41 bits per heavy atom. The number of rotatable bonds is 4. The third kappa shape index (κ3) is 2.33. The fourth-order valence-corrected chi connectivity index (χ4v) is 1.54. The molecule has 0 atom stereocenters. The topological polar surface area (TPSA) is 54.2 Å². The van der Waals surface area contributed by atoms with E-state index < -0.39 is 0 Å². The van der Waals surface area contributed by atoms with Crippen molar-refractivity contribution in [3.8, 4) is 0 Å². The highest BCUT2D eigenvalue weighted by atomic mass is 15.2. The molecule has 2 aromatic rings. The summed E-state index contributed by atoms with van der Waals surface area (Å²) < 4.78 is 1.97. The van der Waals surface area contributed by atoms with Gasteiger partial charge in [-0.3, -0.25) is 0 Å². The standard InChI is InChI=1S/C12H19N5/c1-5-12(2,3)16-10-11-14-6-7-17(11)8-9(13-4)15-10/h6-8,13H,5H2,1-4H3,(H,15,16). The van der Waals surface area contributed by atoms with Crippen LogP contribution in [0.1, 0.15) is 27.2 Å². The monoisotopic (exact) mass is 233 g/mol. The van der Waals surface area contributed by atoms with Gasteiger partial charge < -0.3 is 15.0 Å². The molecule has 0 fully saturated rings. The minimum Gasteiger partial charge on any atom is -0.372 e. The van der Waals surface area contributed by atoms with Crippen LogP contribution in [0.4, 0.5) is 11.6 Å². The van der Waals surface area contributed by atoms with Gasteiger partial charge in [0.1, 0.15) is 5.82 Å². The van der Waals surface area contributed by atoms with Gasteiger partial charge in [0.25, 0.3) is 0 Å². The summed E-state index contributed by atoms with van der Waals surface area (Å²) in [4.78, 5) is 8.84. The highest BCUT2D eigenvalue weighted by molar-refractivity contribution is 5.66. The largest absolute Gasteiger partial charge is 0.372 e. The molecule has 0 unspecified atom stereocenters. The number of hydrogen-bond donors (Lipinski definition) is 2. The van der Waals surface area contributed by atoms with E-state index in [0.29, 0.717) is 0 Å². The number of hydrogen-bond acceptors (Lipinski definition) is 4. The minimum absolute atomic E-state index is 0.00576. The average Bonchev–Trinajstić information content (AvgIpc) is 2.76. The van der Waals surface area contributed by atoms with Crippen LogP contribution in [-0.2, 0) is 0 Å². The van der Waals surface area contributed by atoms with Crippen LogP contribution in [0.25, 0.3) is 5.65 Å². The Morgan fingerprint density at radius 2 is 2.18 bits per heavy atom. The number of imidazole rings is 1. The maximum absolute atomic E-state index is 4.52. The number of anilines is 2. The second-order valence-electron chi connectivity index (χ2n) is 4.75. The van der Waals surface area contributed by atoms with Crippen LogP contribution in [0.15, 0.2) is 18.6 Å². The molecule has 0 saturated carbocycles. The molecule has 0 aromatic carbocycles. The first kappa shape index (κ1) is 11.7. The quantitative estimate of drug-likeness (QED) is 0.851. The Kier molecular flexibility index (Phi) is 2.92. The highest BCUT2D eigenvalue weighted by Gasteiger charge is 2.17. The first-order valence-electron chi connectivity index (χ1n) is 5.85. The second-order valence-corrected chi connectivity index (χ2v) is 4.75. The van der Waals surface area contributed by atoms with Crippen molar-refractivity contribution in [1.29, 1.82) is 0 Å². The lowest BCUT2D eigenvalue weighted by molar-refractivity contribution is 0.545. The van der Waals surface area contributed by atoms with E-state index in [1.807, 2.05) is 23.8 Å². The lowest BCUT2D eigenvalue weighted by atomic mass is 10.0. The predicted octanol–water partition coefficient (Wildman–Crippen LogP) is 2.37. The lowest BCUT2D eigenvalue weighted by Crippen LogP contribution is -2.30. The van der Waals surface area contributed by atoms with Crippen LogP contribution in [0.2, 0.25) is 0 Å². The summed E-state index contributed by atoms with van der Waals surface area (Å²) in [7, 11) is 1.86. The lowest BCUT2D eigenvalue weighted by Gasteiger charge is -2.25. The number of aromatic nitrogens is 3. The summed E-state index contributed by atoms with van der Waals surface area (Å²) in [6.45, 7) is 6.46. The molecule has 2 N–H and O–H groups in total. The minimum atomic E-state index is 0.00576. The Morgan fingerprint density at radius 3 is 2.82 bits per heavy atom. The molecular weight excluding hydrogens is 214 g/mol. The second kappa shape index (κ2) is 4.24. The van der Waals surface area contributed by atoms with Crippen molar-refractivity contribution in [2.24, 2.45) is 0 Å². The number of nitrogens with zero attached hydrogens (tertiary/aromatic N) is 3. The first-order valence-corrected chi connectivity index (χ1v) is 5.85. The molecule has 0 bridgehead atoms. The molecule has 17 heavy (non-hydrogen) atoms. The Bertz CT molecular complexity index is 515. The summed E-state index contributed by atoms with van der Waals surface area (Å²) in [6.07, 6.45) is 6.64. The summed E-state index contributed by atoms with van der Waals surface area (Å²) in [5.41, 5.74) is 0.858. The van der Waals surface area contributed by atoms with E-state index in [1.165, 1.54) is 0 Å². The van der Waals surface area contributed by atoms with Gasteiger partial charge in [-0.1, -0.05) is 6.92 Å². The van der Waals surface area contributed by atoms with Crippen molar-refractivity contribution in [2.45, 2.75) is 32.7 Å². The third-order valence-corrected chi connectivity index (χ3v) is 2.97. The molecular formula is C12H19N5. The molecule has 0 radical (unpaired) electrons. The smallest absolute Gasteiger partial charge is 0.180 e. The average molecular weight is 233 g/mol. The molecule has 92 valence electrons. The van der Waals surface area contributed by atoms with Gasteiger partial charge in [0.15, 0.2) is 11.5 Å². The van der Waals surface area contributed by atoms with E-state index in [4.69, 9.17) is 0 Å². The van der Waals surface area contributed by atoms with E-state index in [0.717, 1.165) is 23.7 Å². The summed E-state index contributed by atoms with van der Waals surface area (Å²) in [5.74, 6) is 1.64. The van der Waals surface area contributed by atoms with E-state index >= 15 is 0 Å². The van der Waals surface area contributed by atoms with Crippen molar-refractivity contribution in [3.63, 3.8) is 0 Å². The van der Waals surface area contributed by atoms with Crippen molar-refractivity contribution in [1.82, 2.24) is 14.4 Å². The molecule has 0 aliphatic heterocycles. The van der Waals surface area contributed by atoms with Crippen molar-refractivity contribution < 1.29 is 0 Å². The maximum atomic E-state index is 4.52. The highest BCUT2D eigenvalue weighted by Crippen LogP contribution is 2.21. The molecule has 2 aromatic heterocycles. The van der Waals surface area contributed by atoms with Gasteiger partial charge in [-0.15, -0.1) is 0 Å². The zero-order chi connectivity index (χ0) is 12.5. The van der Waals surface area contributed by atoms with Gasteiger partial charge in [-0.25, -0.2) is 9.97 Å². The molecule has 2 heterocycles. The summed E-state index contributed by atoms with van der Waals surface area (Å²) >= 11 is 0. The molecule has 2 rings (SSSR count). The van der Waals surface area contributed by atoms with Crippen LogP contribution >= 0.6 is 0 Å². The van der Waals surface area contributed by atoms with Gasteiger partial charge in [0, 0.05) is 25.0 Å². The molecule has 0 aliphatic rings. The van der Waals surface area contributed by atoms with Gasteiger partial charge in [-0.05, 0) is 20.3 Å². The molecule has 0 aliphatic carbocycles. The SMILES string of the molecule is CCC(C)(C)Nc1nc(NC)cn2ccnc12. The normalized spacial score (nSPS) is 11.8. The maximum Gasteiger partial charge on any atom is 0.180 e. The molecule has 5 heteroatoms. The van der Waals surface area contributed by atoms with Crippen LogP contribution in [0.3, 0.4) is 0 Å². The van der Waals surface area contributed by atoms with Gasteiger partial charge in [0.2, 0.25) is 0 Å². The van der Waals surface area contributed by atoms with Crippen molar-refractivity contribution >= 4 is 17.3 Å². The van der Waals surface area contributed by atoms with E-state index in [2.05, 4.69) is 41.4 Å². The predicted molar refractivity (Wildman–Crippen MR) is 70.5 cm³/mol. The summed E-state index contributed by atoms with van der Waals surface area (Å²) in [6, 6.07) is 0. The van der Waals surface area contributed by atoms with Gasteiger partial charge in [0.05, 0.1) is 6.20 Å².